The summed E-state index contributed by atoms with van der Waals surface area (Å²) in [6.45, 7) is 0. The van der Waals surface area contributed by atoms with Crippen molar-refractivity contribution in [2.45, 2.75) is 10.2 Å². The molecule has 1 aromatic heterocycles. The SMILES string of the molecule is O=C1SC(c2ccccc2)(c2ccc[se]2)C1(c1ccccc1)c1ccccc1. The number of rotatable bonds is 4. The molecule has 1 nitrogen and oxygen atoms in total. The maximum atomic E-state index is 13.6. The van der Waals surface area contributed by atoms with Crippen LogP contribution >= 0.6 is 11.8 Å². The Morgan fingerprint density at radius 2 is 1.11 bits per heavy atom. The van der Waals surface area contributed by atoms with Gasteiger partial charge in [0.05, 0.1) is 0 Å². The second kappa shape index (κ2) is 6.93. The molecule has 0 aliphatic carbocycles. The van der Waals surface area contributed by atoms with E-state index in [4.69, 9.17) is 0 Å². The average Bonchev–Trinajstić information content (AvgIpc) is 3.29. The average molecular weight is 445 g/mol. The third-order valence-electron chi connectivity index (χ3n) is 5.54. The fourth-order valence-electron chi connectivity index (χ4n) is 4.38. The van der Waals surface area contributed by atoms with E-state index in [-0.39, 0.29) is 19.6 Å². The Morgan fingerprint density at radius 3 is 1.54 bits per heavy atom. The van der Waals surface area contributed by atoms with Gasteiger partial charge in [-0.2, -0.15) is 0 Å². The summed E-state index contributed by atoms with van der Waals surface area (Å²) in [4.78, 5) is 15.9. The van der Waals surface area contributed by atoms with Gasteiger partial charge in [-0.3, -0.25) is 0 Å². The van der Waals surface area contributed by atoms with Crippen LogP contribution in [-0.2, 0) is 15.0 Å². The maximum absolute atomic E-state index is 13.6. The van der Waals surface area contributed by atoms with Gasteiger partial charge in [0.1, 0.15) is 0 Å². The van der Waals surface area contributed by atoms with E-state index in [0.29, 0.717) is 0 Å². The van der Waals surface area contributed by atoms with Gasteiger partial charge in [-0.1, -0.05) is 0 Å². The van der Waals surface area contributed by atoms with Crippen molar-refractivity contribution in [2.24, 2.45) is 0 Å². The van der Waals surface area contributed by atoms with Gasteiger partial charge in [0.2, 0.25) is 0 Å². The predicted molar refractivity (Wildman–Crippen MR) is 117 cm³/mol. The molecule has 0 N–H and O–H groups in total. The van der Waals surface area contributed by atoms with E-state index >= 15 is 0 Å². The van der Waals surface area contributed by atoms with Crippen LogP contribution in [-0.4, -0.2) is 19.6 Å². The molecule has 0 amide bonds. The molecule has 1 unspecified atom stereocenters. The minimum absolute atomic E-state index is 0.220. The van der Waals surface area contributed by atoms with Gasteiger partial charge >= 0.3 is 176 Å². The molecule has 0 spiro atoms. The Morgan fingerprint density at radius 1 is 0.607 bits per heavy atom. The van der Waals surface area contributed by atoms with Crippen LogP contribution in [0.25, 0.3) is 0 Å². The van der Waals surface area contributed by atoms with Crippen molar-refractivity contribution in [3.05, 3.63) is 129 Å². The van der Waals surface area contributed by atoms with Crippen LogP contribution in [0.2, 0.25) is 0 Å². The number of thioether (sulfide) groups is 1. The minimum atomic E-state index is -0.721. The first-order valence-corrected chi connectivity index (χ1v) is 11.9. The summed E-state index contributed by atoms with van der Waals surface area (Å²) in [7, 11) is 0. The van der Waals surface area contributed by atoms with E-state index in [9.17, 15) is 4.79 Å². The van der Waals surface area contributed by atoms with Crippen LogP contribution < -0.4 is 0 Å². The third kappa shape index (κ3) is 2.31. The number of hydrogen-bond acceptors (Lipinski definition) is 2. The van der Waals surface area contributed by atoms with Crippen molar-refractivity contribution >= 4 is 31.4 Å². The zero-order valence-corrected chi connectivity index (χ0v) is 17.6. The van der Waals surface area contributed by atoms with Crippen molar-refractivity contribution in [3.63, 3.8) is 0 Å². The molecular formula is C25H18OSSe. The fraction of sp³-hybridized carbons (Fsp3) is 0.0800. The molecular weight excluding hydrogens is 427 g/mol. The summed E-state index contributed by atoms with van der Waals surface area (Å²) in [5, 5.41) is 0.220. The van der Waals surface area contributed by atoms with Crippen molar-refractivity contribution in [3.8, 4) is 0 Å². The summed E-state index contributed by atoms with van der Waals surface area (Å²) in [6.07, 6.45) is 0. The second-order valence-corrected chi connectivity index (χ2v) is 10.1. The number of hydrogen-bond donors (Lipinski definition) is 0. The van der Waals surface area contributed by atoms with E-state index < -0.39 is 10.2 Å². The van der Waals surface area contributed by atoms with Crippen molar-refractivity contribution < 1.29 is 4.79 Å². The van der Waals surface area contributed by atoms with E-state index in [1.54, 1.807) is 0 Å². The zero-order valence-electron chi connectivity index (χ0n) is 15.1. The van der Waals surface area contributed by atoms with Crippen molar-refractivity contribution in [2.75, 3.05) is 0 Å². The fourth-order valence-corrected chi connectivity index (χ4v) is 8.35. The molecule has 5 rings (SSSR count). The molecule has 1 aliphatic rings. The number of carbonyl (C=O) groups excluding carboxylic acids is 1. The van der Waals surface area contributed by atoms with E-state index in [2.05, 4.69) is 65.6 Å². The molecule has 4 aromatic rings. The van der Waals surface area contributed by atoms with Crippen LogP contribution in [0, 0.1) is 0 Å². The van der Waals surface area contributed by atoms with Crippen LogP contribution in [0.3, 0.4) is 0 Å². The molecule has 0 bridgehead atoms. The molecule has 3 aromatic carbocycles. The zero-order chi connectivity index (χ0) is 19.0. The van der Waals surface area contributed by atoms with Crippen LogP contribution in [0.5, 0.6) is 0 Å². The molecule has 0 saturated carbocycles. The van der Waals surface area contributed by atoms with E-state index in [1.807, 2.05) is 42.5 Å². The summed E-state index contributed by atoms with van der Waals surface area (Å²) in [5.41, 5.74) is 2.61. The summed E-state index contributed by atoms with van der Waals surface area (Å²) < 4.78 is 0.931. The standard InChI is InChI=1S/C25H18OSSe/c26-23-24(19-11-4-1-5-12-19,20-13-6-2-7-14-20)25(27-23,22-17-10-18-28-22)21-15-8-3-9-16-21/h1-18H. The molecule has 136 valence electrons. The summed E-state index contributed by atoms with van der Waals surface area (Å²) in [5.74, 6) is 0. The first kappa shape index (κ1) is 17.8. The molecule has 1 saturated heterocycles. The number of carbonyl (C=O) groups is 1. The van der Waals surface area contributed by atoms with Gasteiger partial charge in [0.15, 0.2) is 0 Å². The van der Waals surface area contributed by atoms with Crippen LogP contribution in [0.4, 0.5) is 0 Å². The summed E-state index contributed by atoms with van der Waals surface area (Å²) in [6, 6.07) is 35.6. The first-order valence-electron chi connectivity index (χ1n) is 9.24. The molecule has 3 heteroatoms. The molecule has 1 fully saturated rings. The summed E-state index contributed by atoms with van der Waals surface area (Å²) >= 11 is 1.73. The second-order valence-electron chi connectivity index (χ2n) is 6.90. The van der Waals surface area contributed by atoms with Gasteiger partial charge in [-0.25, -0.2) is 0 Å². The van der Waals surface area contributed by atoms with Crippen LogP contribution in [0.15, 0.2) is 108 Å². The van der Waals surface area contributed by atoms with Gasteiger partial charge in [-0.05, 0) is 0 Å². The van der Waals surface area contributed by atoms with Gasteiger partial charge in [0.25, 0.3) is 0 Å². The number of benzene rings is 3. The molecule has 1 atom stereocenters. The molecule has 28 heavy (non-hydrogen) atoms. The Balaban J connectivity index is 1.90. The van der Waals surface area contributed by atoms with Crippen molar-refractivity contribution in [1.82, 2.24) is 0 Å². The molecule has 1 aliphatic heterocycles. The van der Waals surface area contributed by atoms with Gasteiger partial charge in [0, 0.05) is 0 Å². The third-order valence-corrected chi connectivity index (χ3v) is 9.47. The monoisotopic (exact) mass is 446 g/mol. The predicted octanol–water partition coefficient (Wildman–Crippen LogP) is 5.25. The van der Waals surface area contributed by atoms with Crippen LogP contribution in [0.1, 0.15) is 21.1 Å². The Labute approximate surface area is 175 Å². The van der Waals surface area contributed by atoms with Crippen molar-refractivity contribution in [1.29, 1.82) is 0 Å². The molecule has 2 heterocycles. The Hall–Kier alpha value is -2.32. The topological polar surface area (TPSA) is 17.1 Å². The van der Waals surface area contributed by atoms with E-state index in [1.165, 1.54) is 21.8 Å². The Bertz CT molecular complexity index is 1050. The quantitative estimate of drug-likeness (QED) is 0.400. The normalized spacial score (nSPS) is 20.5. The van der Waals surface area contributed by atoms with Gasteiger partial charge < -0.3 is 0 Å². The van der Waals surface area contributed by atoms with Gasteiger partial charge in [-0.15, -0.1) is 0 Å². The van der Waals surface area contributed by atoms with E-state index in [0.717, 1.165) is 11.1 Å². The first-order chi connectivity index (χ1) is 13.8. The molecule has 0 radical (unpaired) electrons. The Kier molecular flexibility index (Phi) is 4.40.